The highest BCUT2D eigenvalue weighted by atomic mass is 16.6. The number of rotatable bonds is 4. The van der Waals surface area contributed by atoms with E-state index in [1.807, 2.05) is 6.07 Å². The van der Waals surface area contributed by atoms with Crippen molar-refractivity contribution >= 4 is 11.2 Å². The highest BCUT2D eigenvalue weighted by molar-refractivity contribution is 5.71. The van der Waals surface area contributed by atoms with Gasteiger partial charge in [0.05, 0.1) is 4.92 Å². The van der Waals surface area contributed by atoms with E-state index in [1.54, 1.807) is 24.3 Å². The van der Waals surface area contributed by atoms with Crippen molar-refractivity contribution in [3.8, 4) is 11.1 Å². The Kier molecular flexibility index (Phi) is 4.01. The summed E-state index contributed by atoms with van der Waals surface area (Å²) in [4.78, 5) is 10.4. The number of aryl methyl sites for hydroxylation is 1. The summed E-state index contributed by atoms with van der Waals surface area (Å²) in [7, 11) is 0. The van der Waals surface area contributed by atoms with Crippen molar-refractivity contribution in [1.82, 2.24) is 4.40 Å². The van der Waals surface area contributed by atoms with Crippen LogP contribution in [0.4, 0.5) is 5.69 Å². The van der Waals surface area contributed by atoms with Gasteiger partial charge in [-0.05, 0) is 59.9 Å². The summed E-state index contributed by atoms with van der Waals surface area (Å²) >= 11 is 0. The molecule has 0 saturated carbocycles. The molecular formula is C22H18N2O2. The molecule has 2 aromatic carbocycles. The van der Waals surface area contributed by atoms with Crippen LogP contribution in [-0.4, -0.2) is 9.32 Å². The summed E-state index contributed by atoms with van der Waals surface area (Å²) in [5.41, 5.74) is 7.09. The van der Waals surface area contributed by atoms with E-state index >= 15 is 0 Å². The summed E-state index contributed by atoms with van der Waals surface area (Å²) in [6.07, 6.45) is 5.11. The van der Waals surface area contributed by atoms with Crippen LogP contribution >= 0.6 is 0 Å². The van der Waals surface area contributed by atoms with Gasteiger partial charge in [-0.2, -0.15) is 0 Å². The minimum absolute atomic E-state index is 0.110. The van der Waals surface area contributed by atoms with Crippen molar-refractivity contribution in [3.05, 3.63) is 106 Å². The topological polar surface area (TPSA) is 47.5 Å². The zero-order valence-electron chi connectivity index (χ0n) is 14.4. The molecule has 128 valence electrons. The number of aromatic nitrogens is 1. The molecule has 0 aliphatic heterocycles. The lowest BCUT2D eigenvalue weighted by molar-refractivity contribution is -0.384. The molecule has 0 fully saturated rings. The van der Waals surface area contributed by atoms with Crippen LogP contribution in [0.2, 0.25) is 0 Å². The smallest absolute Gasteiger partial charge is 0.269 e. The second-order valence-electron chi connectivity index (χ2n) is 6.51. The molecule has 2 heterocycles. The van der Waals surface area contributed by atoms with Gasteiger partial charge in [-0.3, -0.25) is 10.1 Å². The standard InChI is InChI=1S/C22H18N2O2/c1-16-14-23-15-20(18-7-9-21(10-8-18)24(25)26)13-22(23)12-19(16)11-17-5-3-2-4-6-17/h2-10,12-15H,11H2,1H3. The second kappa shape index (κ2) is 6.48. The summed E-state index contributed by atoms with van der Waals surface area (Å²) in [5, 5.41) is 10.8. The number of hydrogen-bond donors (Lipinski definition) is 0. The lowest BCUT2D eigenvalue weighted by atomic mass is 10.0. The molecule has 0 amide bonds. The molecule has 0 spiro atoms. The van der Waals surface area contributed by atoms with Gasteiger partial charge in [0.25, 0.3) is 5.69 Å². The highest BCUT2D eigenvalue weighted by Crippen LogP contribution is 2.26. The number of nitro groups is 1. The van der Waals surface area contributed by atoms with E-state index in [1.165, 1.54) is 16.7 Å². The van der Waals surface area contributed by atoms with Crippen molar-refractivity contribution in [2.75, 3.05) is 0 Å². The van der Waals surface area contributed by atoms with E-state index in [-0.39, 0.29) is 10.6 Å². The van der Waals surface area contributed by atoms with E-state index in [0.717, 1.165) is 23.1 Å². The SMILES string of the molecule is Cc1cn2cc(-c3ccc([N+](=O)[O-])cc3)cc2cc1Cc1ccccc1. The molecule has 0 radical (unpaired) electrons. The Morgan fingerprint density at radius 1 is 0.923 bits per heavy atom. The van der Waals surface area contributed by atoms with E-state index < -0.39 is 0 Å². The lowest BCUT2D eigenvalue weighted by Gasteiger charge is -2.07. The van der Waals surface area contributed by atoms with Crippen LogP contribution in [-0.2, 0) is 6.42 Å². The Morgan fingerprint density at radius 2 is 1.65 bits per heavy atom. The average Bonchev–Trinajstić information content (AvgIpc) is 3.05. The first-order chi connectivity index (χ1) is 12.6. The van der Waals surface area contributed by atoms with Crippen molar-refractivity contribution in [2.24, 2.45) is 0 Å². The van der Waals surface area contributed by atoms with E-state index in [0.29, 0.717) is 0 Å². The molecule has 4 heteroatoms. The maximum atomic E-state index is 10.8. The van der Waals surface area contributed by atoms with Gasteiger partial charge >= 0.3 is 0 Å². The van der Waals surface area contributed by atoms with Crippen LogP contribution in [0, 0.1) is 17.0 Å². The monoisotopic (exact) mass is 342 g/mol. The Balaban J connectivity index is 1.70. The third kappa shape index (κ3) is 3.09. The predicted octanol–water partition coefficient (Wildman–Crippen LogP) is 5.41. The average molecular weight is 342 g/mol. The minimum Gasteiger partial charge on any atom is -0.323 e. The zero-order valence-corrected chi connectivity index (χ0v) is 14.4. The van der Waals surface area contributed by atoms with E-state index in [4.69, 9.17) is 0 Å². The van der Waals surface area contributed by atoms with Gasteiger partial charge in [0, 0.05) is 35.6 Å². The predicted molar refractivity (Wildman–Crippen MR) is 103 cm³/mol. The third-order valence-electron chi connectivity index (χ3n) is 4.69. The number of nitro benzene ring substituents is 1. The van der Waals surface area contributed by atoms with E-state index in [9.17, 15) is 10.1 Å². The molecule has 0 unspecified atom stereocenters. The van der Waals surface area contributed by atoms with Gasteiger partial charge < -0.3 is 4.40 Å². The first-order valence-electron chi connectivity index (χ1n) is 8.50. The first-order valence-corrected chi connectivity index (χ1v) is 8.50. The number of pyridine rings is 1. The quantitative estimate of drug-likeness (QED) is 0.367. The number of benzene rings is 2. The molecule has 0 saturated heterocycles. The van der Waals surface area contributed by atoms with Crippen LogP contribution in [0.15, 0.2) is 79.1 Å². The van der Waals surface area contributed by atoms with Crippen molar-refractivity contribution in [3.63, 3.8) is 0 Å². The van der Waals surface area contributed by atoms with Gasteiger partial charge in [0.2, 0.25) is 0 Å². The number of non-ortho nitro benzene ring substituents is 1. The Labute approximate surface area is 151 Å². The van der Waals surface area contributed by atoms with Gasteiger partial charge in [0.15, 0.2) is 0 Å². The second-order valence-corrected chi connectivity index (χ2v) is 6.51. The molecule has 0 bridgehead atoms. The summed E-state index contributed by atoms with van der Waals surface area (Å²) in [5.74, 6) is 0. The Hall–Kier alpha value is -3.40. The largest absolute Gasteiger partial charge is 0.323 e. The normalized spacial score (nSPS) is 11.0. The molecule has 4 aromatic rings. The molecule has 0 atom stereocenters. The van der Waals surface area contributed by atoms with Crippen LogP contribution in [0.1, 0.15) is 16.7 Å². The molecule has 0 N–H and O–H groups in total. The number of hydrogen-bond acceptors (Lipinski definition) is 2. The number of fused-ring (bicyclic) bond motifs is 1. The molecule has 2 aromatic heterocycles. The van der Waals surface area contributed by atoms with Crippen LogP contribution in [0.3, 0.4) is 0 Å². The lowest BCUT2D eigenvalue weighted by Crippen LogP contribution is -1.94. The van der Waals surface area contributed by atoms with Crippen LogP contribution in [0.25, 0.3) is 16.6 Å². The summed E-state index contributed by atoms with van der Waals surface area (Å²) in [6, 6.07) is 21.5. The summed E-state index contributed by atoms with van der Waals surface area (Å²) in [6.45, 7) is 2.13. The molecule has 4 rings (SSSR count). The van der Waals surface area contributed by atoms with Gasteiger partial charge in [-0.1, -0.05) is 30.3 Å². The fourth-order valence-corrected chi connectivity index (χ4v) is 3.25. The van der Waals surface area contributed by atoms with Crippen molar-refractivity contribution in [2.45, 2.75) is 13.3 Å². The van der Waals surface area contributed by atoms with Crippen LogP contribution < -0.4 is 0 Å². The Morgan fingerprint density at radius 3 is 2.35 bits per heavy atom. The Bertz CT molecular complexity index is 1080. The minimum atomic E-state index is -0.376. The third-order valence-corrected chi connectivity index (χ3v) is 4.69. The zero-order chi connectivity index (χ0) is 18.1. The highest BCUT2D eigenvalue weighted by Gasteiger charge is 2.09. The maximum absolute atomic E-state index is 10.8. The molecule has 4 nitrogen and oxygen atoms in total. The van der Waals surface area contributed by atoms with Gasteiger partial charge in [0.1, 0.15) is 0 Å². The van der Waals surface area contributed by atoms with Crippen molar-refractivity contribution in [1.29, 1.82) is 0 Å². The number of nitrogens with zero attached hydrogens (tertiary/aromatic N) is 2. The van der Waals surface area contributed by atoms with Gasteiger partial charge in [-0.25, -0.2) is 0 Å². The maximum Gasteiger partial charge on any atom is 0.269 e. The molecule has 0 aliphatic carbocycles. The molecular weight excluding hydrogens is 324 g/mol. The van der Waals surface area contributed by atoms with Gasteiger partial charge in [-0.15, -0.1) is 0 Å². The first kappa shape index (κ1) is 16.1. The van der Waals surface area contributed by atoms with Crippen LogP contribution in [0.5, 0.6) is 0 Å². The fraction of sp³-hybridized carbons (Fsp3) is 0.0909. The molecule has 0 aliphatic rings. The molecule has 26 heavy (non-hydrogen) atoms. The summed E-state index contributed by atoms with van der Waals surface area (Å²) < 4.78 is 2.11. The fourth-order valence-electron chi connectivity index (χ4n) is 3.25. The van der Waals surface area contributed by atoms with E-state index in [2.05, 4.69) is 60.1 Å². The van der Waals surface area contributed by atoms with Crippen molar-refractivity contribution < 1.29 is 4.92 Å².